The molecule has 1 atom stereocenters. The van der Waals surface area contributed by atoms with Gasteiger partial charge in [0.05, 0.1) is 0 Å². The van der Waals surface area contributed by atoms with Gasteiger partial charge >= 0.3 is 5.97 Å². The number of H-pyrrole nitrogens is 1. The van der Waals surface area contributed by atoms with E-state index in [2.05, 4.69) is 16.4 Å². The average Bonchev–Trinajstić information content (AvgIpc) is 2.70. The molecule has 0 radical (unpaired) electrons. The zero-order valence-corrected chi connectivity index (χ0v) is 11.5. The van der Waals surface area contributed by atoms with Crippen LogP contribution < -0.4 is 5.32 Å². The molecule has 0 aliphatic heterocycles. The lowest BCUT2D eigenvalue weighted by Crippen LogP contribution is -2.42. The summed E-state index contributed by atoms with van der Waals surface area (Å²) in [5.41, 5.74) is 3.27. The first-order chi connectivity index (χ1) is 8.97. The van der Waals surface area contributed by atoms with E-state index in [0.29, 0.717) is 6.42 Å². The van der Waals surface area contributed by atoms with Crippen LogP contribution in [0, 0.1) is 6.92 Å². The van der Waals surface area contributed by atoms with Crippen LogP contribution in [0.1, 0.15) is 25.0 Å². The molecular formula is C15H20N2O2. The Morgan fingerprint density at radius 3 is 2.79 bits per heavy atom. The van der Waals surface area contributed by atoms with Crippen molar-refractivity contribution in [1.29, 1.82) is 0 Å². The van der Waals surface area contributed by atoms with Crippen molar-refractivity contribution in [2.24, 2.45) is 0 Å². The van der Waals surface area contributed by atoms with E-state index in [1.807, 2.05) is 39.1 Å². The number of carbonyl (C=O) groups is 1. The normalized spacial score (nSPS) is 13.1. The van der Waals surface area contributed by atoms with Gasteiger partial charge in [-0.1, -0.05) is 25.5 Å². The van der Waals surface area contributed by atoms with Gasteiger partial charge in [0.1, 0.15) is 6.04 Å². The molecule has 0 amide bonds. The van der Waals surface area contributed by atoms with E-state index in [4.69, 9.17) is 0 Å². The van der Waals surface area contributed by atoms with E-state index in [0.717, 1.165) is 16.5 Å². The number of rotatable bonds is 5. The van der Waals surface area contributed by atoms with E-state index < -0.39 is 12.0 Å². The molecule has 0 unspecified atom stereocenters. The van der Waals surface area contributed by atoms with Crippen molar-refractivity contribution >= 4 is 16.9 Å². The molecule has 0 bridgehead atoms. The number of carboxylic acid groups (broad SMARTS) is 1. The van der Waals surface area contributed by atoms with Crippen LogP contribution >= 0.6 is 0 Å². The summed E-state index contributed by atoms with van der Waals surface area (Å²) < 4.78 is 0. The molecule has 2 rings (SSSR count). The highest BCUT2D eigenvalue weighted by Gasteiger charge is 2.20. The predicted octanol–water partition coefficient (Wildman–Crippen LogP) is 2.47. The van der Waals surface area contributed by atoms with Gasteiger partial charge in [-0.3, -0.25) is 4.79 Å². The number of fused-ring (bicyclic) bond motifs is 1. The minimum absolute atomic E-state index is 0.146. The first-order valence-corrected chi connectivity index (χ1v) is 6.53. The third-order valence-corrected chi connectivity index (χ3v) is 3.18. The summed E-state index contributed by atoms with van der Waals surface area (Å²) in [5.74, 6) is -0.810. The molecule has 0 spiro atoms. The summed E-state index contributed by atoms with van der Waals surface area (Å²) in [6.45, 7) is 5.95. The van der Waals surface area contributed by atoms with E-state index >= 15 is 0 Å². The number of carboxylic acids is 1. The molecule has 3 N–H and O–H groups in total. The predicted molar refractivity (Wildman–Crippen MR) is 76.4 cm³/mol. The molecule has 4 nitrogen and oxygen atoms in total. The molecule has 0 saturated heterocycles. The largest absolute Gasteiger partial charge is 0.480 e. The zero-order chi connectivity index (χ0) is 14.0. The highest BCUT2D eigenvalue weighted by molar-refractivity contribution is 5.85. The fourth-order valence-electron chi connectivity index (χ4n) is 2.30. The molecule has 0 saturated carbocycles. The molecule has 4 heteroatoms. The van der Waals surface area contributed by atoms with E-state index in [-0.39, 0.29) is 6.04 Å². The number of aryl methyl sites for hydroxylation is 1. The number of benzene rings is 1. The molecule has 0 aliphatic rings. The lowest BCUT2D eigenvalue weighted by molar-refractivity contribution is -0.139. The Bertz CT molecular complexity index is 587. The number of aliphatic carboxylic acids is 1. The fourth-order valence-corrected chi connectivity index (χ4v) is 2.30. The minimum atomic E-state index is -0.810. The van der Waals surface area contributed by atoms with E-state index in [9.17, 15) is 9.90 Å². The molecule has 1 heterocycles. The van der Waals surface area contributed by atoms with Crippen LogP contribution in [0.5, 0.6) is 0 Å². The van der Waals surface area contributed by atoms with Crippen LogP contribution in [0.3, 0.4) is 0 Å². The van der Waals surface area contributed by atoms with Crippen LogP contribution in [0.25, 0.3) is 10.9 Å². The van der Waals surface area contributed by atoms with E-state index in [1.165, 1.54) is 5.56 Å². The number of hydrogen-bond donors (Lipinski definition) is 3. The molecular weight excluding hydrogens is 240 g/mol. The highest BCUT2D eigenvalue weighted by atomic mass is 16.4. The Kier molecular flexibility index (Phi) is 3.90. The van der Waals surface area contributed by atoms with Gasteiger partial charge in [0.25, 0.3) is 0 Å². The molecule has 0 fully saturated rings. The van der Waals surface area contributed by atoms with Crippen molar-refractivity contribution in [2.45, 2.75) is 39.3 Å². The van der Waals surface area contributed by atoms with Crippen LogP contribution in [0.4, 0.5) is 0 Å². The van der Waals surface area contributed by atoms with Gasteiger partial charge in [0, 0.05) is 29.6 Å². The Balaban J connectivity index is 2.28. The Labute approximate surface area is 112 Å². The van der Waals surface area contributed by atoms with Gasteiger partial charge in [-0.25, -0.2) is 0 Å². The number of nitrogens with one attached hydrogen (secondary N) is 2. The van der Waals surface area contributed by atoms with Crippen molar-refractivity contribution in [3.63, 3.8) is 0 Å². The Morgan fingerprint density at radius 2 is 2.16 bits per heavy atom. The number of hydrogen-bond acceptors (Lipinski definition) is 2. The summed E-state index contributed by atoms with van der Waals surface area (Å²) in [6, 6.07) is 5.76. The third-order valence-electron chi connectivity index (χ3n) is 3.18. The second-order valence-corrected chi connectivity index (χ2v) is 5.28. The molecule has 2 aromatic rings. The Morgan fingerprint density at radius 1 is 1.42 bits per heavy atom. The second kappa shape index (κ2) is 5.45. The summed E-state index contributed by atoms with van der Waals surface area (Å²) in [6.07, 6.45) is 2.39. The molecule has 1 aromatic heterocycles. The van der Waals surface area contributed by atoms with Gasteiger partial charge in [-0.15, -0.1) is 0 Å². The summed E-state index contributed by atoms with van der Waals surface area (Å²) in [7, 11) is 0. The average molecular weight is 260 g/mol. The third kappa shape index (κ3) is 3.15. The maximum Gasteiger partial charge on any atom is 0.321 e. The van der Waals surface area contributed by atoms with Crippen LogP contribution in [-0.4, -0.2) is 28.1 Å². The first-order valence-electron chi connectivity index (χ1n) is 6.53. The molecule has 1 aromatic carbocycles. The molecule has 0 aliphatic carbocycles. The second-order valence-electron chi connectivity index (χ2n) is 5.28. The lowest BCUT2D eigenvalue weighted by Gasteiger charge is -2.16. The topological polar surface area (TPSA) is 65.1 Å². The van der Waals surface area contributed by atoms with Crippen LogP contribution in [-0.2, 0) is 11.2 Å². The maximum atomic E-state index is 11.3. The monoisotopic (exact) mass is 260 g/mol. The van der Waals surface area contributed by atoms with Crippen LogP contribution in [0.2, 0.25) is 0 Å². The maximum absolute atomic E-state index is 11.3. The van der Waals surface area contributed by atoms with Crippen molar-refractivity contribution in [2.75, 3.05) is 0 Å². The Hall–Kier alpha value is -1.81. The smallest absolute Gasteiger partial charge is 0.321 e. The van der Waals surface area contributed by atoms with E-state index in [1.54, 1.807) is 0 Å². The fraction of sp³-hybridized carbons (Fsp3) is 0.400. The highest BCUT2D eigenvalue weighted by Crippen LogP contribution is 2.21. The number of aromatic amines is 1. The van der Waals surface area contributed by atoms with Gasteiger partial charge in [0.2, 0.25) is 0 Å². The summed E-state index contributed by atoms with van der Waals surface area (Å²) in [4.78, 5) is 14.5. The standard InChI is InChI=1S/C15H20N2O2/c1-9(2)17-14(15(18)19)7-11-8-16-13-5-4-10(3)6-12(11)13/h4-6,8-9,14,16-17H,7H2,1-3H3,(H,18,19)/t14-/m0/s1. The quantitative estimate of drug-likeness (QED) is 0.773. The first kappa shape index (κ1) is 13.6. The van der Waals surface area contributed by atoms with Crippen molar-refractivity contribution in [3.8, 4) is 0 Å². The molecule has 102 valence electrons. The van der Waals surface area contributed by atoms with Crippen molar-refractivity contribution in [1.82, 2.24) is 10.3 Å². The van der Waals surface area contributed by atoms with Crippen molar-refractivity contribution in [3.05, 3.63) is 35.5 Å². The SMILES string of the molecule is Cc1ccc2[nH]cc(C[C@H](NC(C)C)C(=O)O)c2c1. The van der Waals surface area contributed by atoms with Gasteiger partial charge in [-0.2, -0.15) is 0 Å². The summed E-state index contributed by atoms with van der Waals surface area (Å²) >= 11 is 0. The lowest BCUT2D eigenvalue weighted by atomic mass is 10.0. The number of aromatic nitrogens is 1. The zero-order valence-electron chi connectivity index (χ0n) is 11.5. The van der Waals surface area contributed by atoms with Crippen LogP contribution in [0.15, 0.2) is 24.4 Å². The van der Waals surface area contributed by atoms with Crippen molar-refractivity contribution < 1.29 is 9.90 Å². The summed E-state index contributed by atoms with van der Waals surface area (Å²) in [5, 5.41) is 13.5. The minimum Gasteiger partial charge on any atom is -0.480 e. The van der Waals surface area contributed by atoms with Gasteiger partial charge < -0.3 is 15.4 Å². The van der Waals surface area contributed by atoms with Gasteiger partial charge in [-0.05, 0) is 24.6 Å². The molecule has 19 heavy (non-hydrogen) atoms. The van der Waals surface area contributed by atoms with Gasteiger partial charge in [0.15, 0.2) is 0 Å².